The van der Waals surface area contributed by atoms with Crippen molar-refractivity contribution in [2.75, 3.05) is 5.32 Å². The van der Waals surface area contributed by atoms with Gasteiger partial charge in [-0.3, -0.25) is 4.79 Å². The number of nitrogens with zero attached hydrogens (tertiary/aromatic N) is 1. The highest BCUT2D eigenvalue weighted by Crippen LogP contribution is 2.28. The van der Waals surface area contributed by atoms with Crippen molar-refractivity contribution in [2.45, 2.75) is 0 Å². The SMILES string of the molecule is O=C1Nc2ccc(Cl)cc2C1=Nc1ccc(Cl)cc1. The minimum atomic E-state index is -0.229. The van der Waals surface area contributed by atoms with Gasteiger partial charge >= 0.3 is 0 Å². The van der Waals surface area contributed by atoms with Crippen LogP contribution in [0.1, 0.15) is 5.56 Å². The average molecular weight is 291 g/mol. The molecule has 0 saturated carbocycles. The molecule has 1 aliphatic heterocycles. The van der Waals surface area contributed by atoms with Crippen LogP contribution in [0.5, 0.6) is 0 Å². The second-order valence-electron chi connectivity index (χ2n) is 4.08. The maximum absolute atomic E-state index is 11.9. The highest BCUT2D eigenvalue weighted by molar-refractivity contribution is 6.54. The maximum atomic E-state index is 11.9. The number of hydrogen-bond acceptors (Lipinski definition) is 2. The van der Waals surface area contributed by atoms with E-state index in [1.807, 2.05) is 0 Å². The molecule has 2 aromatic carbocycles. The number of amides is 1. The lowest BCUT2D eigenvalue weighted by Gasteiger charge is -1.99. The number of anilines is 1. The molecule has 0 fully saturated rings. The van der Waals surface area contributed by atoms with Gasteiger partial charge in [-0.25, -0.2) is 4.99 Å². The Labute approximate surface area is 119 Å². The molecule has 0 saturated heterocycles. The number of rotatable bonds is 1. The van der Waals surface area contributed by atoms with Crippen molar-refractivity contribution in [1.82, 2.24) is 0 Å². The summed E-state index contributed by atoms with van der Waals surface area (Å²) >= 11 is 11.8. The van der Waals surface area contributed by atoms with Crippen molar-refractivity contribution in [3.63, 3.8) is 0 Å². The molecule has 1 heterocycles. The van der Waals surface area contributed by atoms with Crippen LogP contribution in [0.15, 0.2) is 47.5 Å². The van der Waals surface area contributed by atoms with E-state index in [0.717, 1.165) is 5.69 Å². The lowest BCUT2D eigenvalue weighted by molar-refractivity contribution is -0.110. The summed E-state index contributed by atoms with van der Waals surface area (Å²) in [5.41, 5.74) is 2.47. The van der Waals surface area contributed by atoms with Crippen LogP contribution in [-0.4, -0.2) is 11.6 Å². The Morgan fingerprint density at radius 3 is 2.37 bits per heavy atom. The van der Waals surface area contributed by atoms with E-state index >= 15 is 0 Å². The largest absolute Gasteiger partial charge is 0.320 e. The molecule has 0 radical (unpaired) electrons. The van der Waals surface area contributed by atoms with Gasteiger partial charge in [0.1, 0.15) is 5.71 Å². The van der Waals surface area contributed by atoms with E-state index in [2.05, 4.69) is 10.3 Å². The van der Waals surface area contributed by atoms with Crippen LogP contribution in [0, 0.1) is 0 Å². The van der Waals surface area contributed by atoms with E-state index in [1.54, 1.807) is 42.5 Å². The molecule has 3 rings (SSSR count). The number of hydrogen-bond donors (Lipinski definition) is 1. The smallest absolute Gasteiger partial charge is 0.275 e. The zero-order chi connectivity index (χ0) is 13.4. The van der Waals surface area contributed by atoms with Crippen molar-refractivity contribution in [1.29, 1.82) is 0 Å². The highest BCUT2D eigenvalue weighted by Gasteiger charge is 2.25. The molecule has 0 atom stereocenters. The maximum Gasteiger partial charge on any atom is 0.275 e. The second-order valence-corrected chi connectivity index (χ2v) is 4.95. The fourth-order valence-electron chi connectivity index (χ4n) is 1.88. The zero-order valence-electron chi connectivity index (χ0n) is 9.65. The summed E-state index contributed by atoms with van der Waals surface area (Å²) in [6.45, 7) is 0. The molecular weight excluding hydrogens is 283 g/mol. The van der Waals surface area contributed by atoms with Gasteiger partial charge in [-0.15, -0.1) is 0 Å². The summed E-state index contributed by atoms with van der Waals surface area (Å²) < 4.78 is 0. The molecule has 19 heavy (non-hydrogen) atoms. The van der Waals surface area contributed by atoms with Crippen LogP contribution in [-0.2, 0) is 4.79 Å². The Bertz CT molecular complexity index is 693. The van der Waals surface area contributed by atoms with Gasteiger partial charge in [-0.05, 0) is 42.5 Å². The van der Waals surface area contributed by atoms with Gasteiger partial charge in [0, 0.05) is 15.6 Å². The molecule has 5 heteroatoms. The lowest BCUT2D eigenvalue weighted by Crippen LogP contribution is -2.13. The highest BCUT2D eigenvalue weighted by atomic mass is 35.5. The minimum Gasteiger partial charge on any atom is -0.320 e. The summed E-state index contributed by atoms with van der Waals surface area (Å²) in [4.78, 5) is 16.3. The number of halogens is 2. The van der Waals surface area contributed by atoms with Crippen molar-refractivity contribution in [3.05, 3.63) is 58.1 Å². The second kappa shape index (κ2) is 4.68. The van der Waals surface area contributed by atoms with Gasteiger partial charge in [-0.2, -0.15) is 0 Å². The van der Waals surface area contributed by atoms with Crippen molar-refractivity contribution in [3.8, 4) is 0 Å². The Hall–Kier alpha value is -1.84. The van der Waals surface area contributed by atoms with Gasteiger partial charge < -0.3 is 5.32 Å². The van der Waals surface area contributed by atoms with E-state index in [4.69, 9.17) is 23.2 Å². The number of benzene rings is 2. The average Bonchev–Trinajstić information content (AvgIpc) is 2.69. The molecule has 0 spiro atoms. The van der Waals surface area contributed by atoms with E-state index in [0.29, 0.717) is 27.0 Å². The molecule has 0 bridgehead atoms. The molecule has 2 aromatic rings. The number of aliphatic imine (C=N–C) groups is 1. The van der Waals surface area contributed by atoms with E-state index in [9.17, 15) is 4.79 Å². The molecule has 1 amide bonds. The molecule has 0 unspecified atom stereocenters. The summed E-state index contributed by atoms with van der Waals surface area (Å²) in [6, 6.07) is 12.2. The first-order chi connectivity index (χ1) is 9.13. The Balaban J connectivity index is 2.08. The Morgan fingerprint density at radius 1 is 0.947 bits per heavy atom. The fourth-order valence-corrected chi connectivity index (χ4v) is 2.18. The minimum absolute atomic E-state index is 0.229. The first-order valence-electron chi connectivity index (χ1n) is 5.59. The molecule has 0 aliphatic carbocycles. The van der Waals surface area contributed by atoms with Crippen LogP contribution in [0.4, 0.5) is 11.4 Å². The first-order valence-corrected chi connectivity index (χ1v) is 6.34. The molecule has 0 aromatic heterocycles. The van der Waals surface area contributed by atoms with Crippen molar-refractivity contribution < 1.29 is 4.79 Å². The molecular formula is C14H8Cl2N2O. The number of nitrogens with one attached hydrogen (secondary N) is 1. The van der Waals surface area contributed by atoms with E-state index in [1.165, 1.54) is 0 Å². The molecule has 3 nitrogen and oxygen atoms in total. The number of fused-ring (bicyclic) bond motifs is 1. The van der Waals surface area contributed by atoms with Gasteiger partial charge in [0.15, 0.2) is 0 Å². The number of carbonyl (C=O) groups is 1. The summed E-state index contributed by atoms with van der Waals surface area (Å²) in [5, 5.41) is 3.95. The number of carbonyl (C=O) groups excluding carboxylic acids is 1. The van der Waals surface area contributed by atoms with Gasteiger partial charge in [-0.1, -0.05) is 23.2 Å². The van der Waals surface area contributed by atoms with Gasteiger partial charge in [0.05, 0.1) is 11.4 Å². The topological polar surface area (TPSA) is 41.5 Å². The summed E-state index contributed by atoms with van der Waals surface area (Å²) in [7, 11) is 0. The fraction of sp³-hybridized carbons (Fsp3) is 0. The normalized spacial score (nSPS) is 15.5. The first kappa shape index (κ1) is 12.2. The third-order valence-electron chi connectivity index (χ3n) is 2.77. The zero-order valence-corrected chi connectivity index (χ0v) is 11.2. The molecule has 1 N–H and O–H groups in total. The van der Waals surface area contributed by atoms with Crippen LogP contribution < -0.4 is 5.32 Å². The monoisotopic (exact) mass is 290 g/mol. The summed E-state index contributed by atoms with van der Waals surface area (Å²) in [5.74, 6) is -0.229. The third kappa shape index (κ3) is 2.35. The van der Waals surface area contributed by atoms with E-state index in [-0.39, 0.29) is 5.91 Å². The lowest BCUT2D eigenvalue weighted by atomic mass is 10.1. The van der Waals surface area contributed by atoms with Crippen molar-refractivity contribution in [2.24, 2.45) is 4.99 Å². The van der Waals surface area contributed by atoms with Crippen LogP contribution in [0.25, 0.3) is 0 Å². The Morgan fingerprint density at radius 2 is 1.63 bits per heavy atom. The standard InChI is InChI=1S/C14H8Cl2N2O/c15-8-1-4-10(5-2-8)17-13-11-7-9(16)3-6-12(11)18-14(13)19/h1-7H,(H,17,18,19). The third-order valence-corrected chi connectivity index (χ3v) is 3.25. The Kier molecular flexibility index (Phi) is 3.01. The molecule has 94 valence electrons. The van der Waals surface area contributed by atoms with E-state index < -0.39 is 0 Å². The van der Waals surface area contributed by atoms with Crippen LogP contribution in [0.2, 0.25) is 10.0 Å². The quantitative estimate of drug-likeness (QED) is 0.845. The van der Waals surface area contributed by atoms with Gasteiger partial charge in [0.25, 0.3) is 5.91 Å². The predicted molar refractivity (Wildman–Crippen MR) is 77.7 cm³/mol. The van der Waals surface area contributed by atoms with Gasteiger partial charge in [0.2, 0.25) is 0 Å². The predicted octanol–water partition coefficient (Wildman–Crippen LogP) is 4.07. The molecule has 1 aliphatic rings. The van der Waals surface area contributed by atoms with Crippen LogP contribution >= 0.6 is 23.2 Å². The summed E-state index contributed by atoms with van der Waals surface area (Å²) in [6.07, 6.45) is 0. The van der Waals surface area contributed by atoms with Crippen molar-refractivity contribution >= 4 is 46.2 Å². The van der Waals surface area contributed by atoms with Crippen LogP contribution in [0.3, 0.4) is 0 Å².